The first-order chi connectivity index (χ1) is 15.2. The second kappa shape index (κ2) is 8.35. The second-order valence-electron chi connectivity index (χ2n) is 7.27. The van der Waals surface area contributed by atoms with E-state index in [-0.39, 0.29) is 11.7 Å². The number of benzene rings is 3. The molecule has 0 aliphatic carbocycles. The first-order valence-electron chi connectivity index (χ1n) is 10.1. The van der Waals surface area contributed by atoms with Gasteiger partial charge in [-0.25, -0.2) is 9.37 Å². The zero-order valence-corrected chi connectivity index (χ0v) is 17.5. The van der Waals surface area contributed by atoms with Gasteiger partial charge in [0, 0.05) is 26.2 Å². The molecule has 7 heteroatoms. The highest BCUT2D eigenvalue weighted by molar-refractivity contribution is 7.22. The summed E-state index contributed by atoms with van der Waals surface area (Å²) in [4.78, 5) is 21.6. The molecule has 0 radical (unpaired) electrons. The lowest BCUT2D eigenvalue weighted by atomic mass is 10.1. The Hall–Kier alpha value is -3.45. The number of thiazole rings is 1. The average Bonchev–Trinajstić information content (AvgIpc) is 3.26. The van der Waals surface area contributed by atoms with Gasteiger partial charge in [-0.05, 0) is 36.4 Å². The normalized spacial score (nSPS) is 14.1. The molecule has 156 valence electrons. The first kappa shape index (κ1) is 19.5. The van der Waals surface area contributed by atoms with Crippen LogP contribution >= 0.6 is 11.3 Å². The summed E-state index contributed by atoms with van der Waals surface area (Å²) in [5.74, 6) is 0.878. The smallest absolute Gasteiger partial charge is 0.257 e. The molecule has 5 rings (SSSR count). The lowest BCUT2D eigenvalue weighted by molar-refractivity contribution is 0.0744. The summed E-state index contributed by atoms with van der Waals surface area (Å²) in [6.45, 7) is 2.43. The Morgan fingerprint density at radius 1 is 0.903 bits per heavy atom. The van der Waals surface area contributed by atoms with Gasteiger partial charge in [-0.1, -0.05) is 47.7 Å². The lowest BCUT2D eigenvalue weighted by Gasteiger charge is -2.34. The maximum absolute atomic E-state index is 14.0. The molecule has 2 heterocycles. The minimum atomic E-state index is -0.302. The number of hydrogen-bond acceptors (Lipinski definition) is 5. The summed E-state index contributed by atoms with van der Waals surface area (Å²) in [6.07, 6.45) is 0. The Balaban J connectivity index is 1.29. The number of anilines is 1. The molecule has 5 nitrogen and oxygen atoms in total. The zero-order valence-electron chi connectivity index (χ0n) is 16.7. The van der Waals surface area contributed by atoms with Gasteiger partial charge in [0.2, 0.25) is 0 Å². The van der Waals surface area contributed by atoms with E-state index in [9.17, 15) is 9.18 Å². The molecule has 3 aromatic carbocycles. The van der Waals surface area contributed by atoms with E-state index in [0.717, 1.165) is 9.83 Å². The highest BCUT2D eigenvalue weighted by Crippen LogP contribution is 2.31. The van der Waals surface area contributed by atoms with Crippen LogP contribution in [0.3, 0.4) is 0 Å². The fourth-order valence-electron chi connectivity index (χ4n) is 3.66. The Kier molecular flexibility index (Phi) is 5.26. The Morgan fingerprint density at radius 2 is 1.65 bits per heavy atom. The molecular formula is C24H20FN3O2S. The minimum Gasteiger partial charge on any atom is -0.457 e. The number of carbonyl (C=O) groups excluding carboxylic acids is 1. The maximum Gasteiger partial charge on any atom is 0.257 e. The molecule has 0 spiro atoms. The van der Waals surface area contributed by atoms with Crippen LogP contribution in [0.1, 0.15) is 10.4 Å². The Bertz CT molecular complexity index is 1220. The molecule has 1 aliphatic heterocycles. The van der Waals surface area contributed by atoms with Crippen LogP contribution in [-0.2, 0) is 0 Å². The molecule has 0 unspecified atom stereocenters. The van der Waals surface area contributed by atoms with Gasteiger partial charge in [-0.15, -0.1) is 0 Å². The van der Waals surface area contributed by atoms with Crippen molar-refractivity contribution in [2.75, 3.05) is 31.1 Å². The molecule has 1 amide bonds. The van der Waals surface area contributed by atoms with E-state index in [4.69, 9.17) is 4.74 Å². The standard InChI is InChI=1S/C24H20FN3O2S/c25-19-10-6-12-21-22(19)26-24(31-21)28-15-13-27(14-16-28)23(29)18-9-4-5-11-20(18)30-17-7-2-1-3-8-17/h1-12H,13-16H2. The molecule has 0 atom stereocenters. The lowest BCUT2D eigenvalue weighted by Crippen LogP contribution is -2.48. The molecule has 0 bridgehead atoms. The van der Waals surface area contributed by atoms with Gasteiger partial charge < -0.3 is 14.5 Å². The number of ether oxygens (including phenoxy) is 1. The maximum atomic E-state index is 14.0. The minimum absolute atomic E-state index is 0.0541. The molecular weight excluding hydrogens is 413 g/mol. The molecule has 1 saturated heterocycles. The quantitative estimate of drug-likeness (QED) is 0.444. The number of piperazine rings is 1. The Labute approximate surface area is 183 Å². The van der Waals surface area contributed by atoms with Crippen LogP contribution < -0.4 is 9.64 Å². The third kappa shape index (κ3) is 3.96. The zero-order chi connectivity index (χ0) is 21.2. The number of nitrogens with zero attached hydrogens (tertiary/aromatic N) is 3. The first-order valence-corrected chi connectivity index (χ1v) is 10.9. The largest absolute Gasteiger partial charge is 0.457 e. The molecule has 31 heavy (non-hydrogen) atoms. The van der Waals surface area contributed by atoms with Gasteiger partial charge in [-0.2, -0.15) is 0 Å². The number of para-hydroxylation sites is 3. The third-order valence-electron chi connectivity index (χ3n) is 5.28. The van der Waals surface area contributed by atoms with Crippen LogP contribution in [-0.4, -0.2) is 42.0 Å². The monoisotopic (exact) mass is 433 g/mol. The van der Waals surface area contributed by atoms with E-state index in [2.05, 4.69) is 9.88 Å². The van der Waals surface area contributed by atoms with Crippen molar-refractivity contribution in [3.05, 3.63) is 84.2 Å². The summed E-state index contributed by atoms with van der Waals surface area (Å²) in [7, 11) is 0. The summed E-state index contributed by atoms with van der Waals surface area (Å²) in [5.41, 5.74) is 0.954. The topological polar surface area (TPSA) is 45.7 Å². The highest BCUT2D eigenvalue weighted by atomic mass is 32.1. The van der Waals surface area contributed by atoms with Crippen molar-refractivity contribution in [2.24, 2.45) is 0 Å². The van der Waals surface area contributed by atoms with Gasteiger partial charge in [0.1, 0.15) is 22.8 Å². The van der Waals surface area contributed by atoms with Gasteiger partial charge in [0.25, 0.3) is 5.91 Å². The Morgan fingerprint density at radius 3 is 2.42 bits per heavy atom. The third-order valence-corrected chi connectivity index (χ3v) is 6.37. The molecule has 1 aliphatic rings. The van der Waals surface area contributed by atoms with Gasteiger partial charge in [-0.3, -0.25) is 4.79 Å². The van der Waals surface area contributed by atoms with Crippen LogP contribution in [0.15, 0.2) is 72.8 Å². The van der Waals surface area contributed by atoms with Gasteiger partial charge >= 0.3 is 0 Å². The van der Waals surface area contributed by atoms with E-state index >= 15 is 0 Å². The van der Waals surface area contributed by atoms with E-state index in [1.165, 1.54) is 17.4 Å². The molecule has 4 aromatic rings. The van der Waals surface area contributed by atoms with Crippen LogP contribution in [0.25, 0.3) is 10.2 Å². The SMILES string of the molecule is O=C(c1ccccc1Oc1ccccc1)N1CCN(c2nc3c(F)cccc3s2)CC1. The van der Waals surface area contributed by atoms with Gasteiger partial charge in [0.15, 0.2) is 5.13 Å². The van der Waals surface area contributed by atoms with E-state index in [0.29, 0.717) is 48.8 Å². The molecule has 0 saturated carbocycles. The van der Waals surface area contributed by atoms with Crippen molar-refractivity contribution in [3.63, 3.8) is 0 Å². The number of rotatable bonds is 4. The summed E-state index contributed by atoms with van der Waals surface area (Å²) >= 11 is 1.48. The number of amides is 1. The van der Waals surface area contributed by atoms with Crippen LogP contribution in [0, 0.1) is 5.82 Å². The fraction of sp³-hybridized carbons (Fsp3) is 0.167. The van der Waals surface area contributed by atoms with Crippen molar-refractivity contribution in [2.45, 2.75) is 0 Å². The van der Waals surface area contributed by atoms with Crippen molar-refractivity contribution in [1.82, 2.24) is 9.88 Å². The predicted molar refractivity (Wildman–Crippen MR) is 121 cm³/mol. The van der Waals surface area contributed by atoms with E-state index in [1.54, 1.807) is 12.1 Å². The summed E-state index contributed by atoms with van der Waals surface area (Å²) in [6, 6.07) is 21.8. The molecule has 1 aromatic heterocycles. The number of carbonyl (C=O) groups is 1. The number of halogens is 1. The van der Waals surface area contributed by atoms with Crippen molar-refractivity contribution < 1.29 is 13.9 Å². The van der Waals surface area contributed by atoms with E-state index < -0.39 is 0 Å². The summed E-state index contributed by atoms with van der Waals surface area (Å²) in [5, 5.41) is 0.792. The van der Waals surface area contributed by atoms with E-state index in [1.807, 2.05) is 59.5 Å². The van der Waals surface area contributed by atoms with Gasteiger partial charge in [0.05, 0.1) is 10.3 Å². The predicted octanol–water partition coefficient (Wildman–Crippen LogP) is 5.19. The molecule has 0 N–H and O–H groups in total. The van der Waals surface area contributed by atoms with Crippen molar-refractivity contribution in [3.8, 4) is 11.5 Å². The summed E-state index contributed by atoms with van der Waals surface area (Å²) < 4.78 is 20.8. The van der Waals surface area contributed by atoms with Crippen molar-refractivity contribution >= 4 is 32.6 Å². The fourth-order valence-corrected chi connectivity index (χ4v) is 4.69. The number of hydrogen-bond donors (Lipinski definition) is 0. The average molecular weight is 434 g/mol. The van der Waals surface area contributed by atoms with Crippen molar-refractivity contribution in [1.29, 1.82) is 0 Å². The highest BCUT2D eigenvalue weighted by Gasteiger charge is 2.26. The molecule has 1 fully saturated rings. The van der Waals surface area contributed by atoms with Crippen LogP contribution in [0.2, 0.25) is 0 Å². The second-order valence-corrected chi connectivity index (χ2v) is 8.28. The number of aromatic nitrogens is 1. The van der Waals surface area contributed by atoms with Crippen LogP contribution in [0.4, 0.5) is 9.52 Å². The number of fused-ring (bicyclic) bond motifs is 1. The van der Waals surface area contributed by atoms with Crippen LogP contribution in [0.5, 0.6) is 11.5 Å².